The van der Waals surface area contributed by atoms with E-state index in [4.69, 9.17) is 58.0 Å². The molecule has 0 bridgehead atoms. The van der Waals surface area contributed by atoms with Gasteiger partial charge in [0.25, 0.3) is 0 Å². The third-order valence-electron chi connectivity index (χ3n) is 2.07. The molecule has 0 amide bonds. The molecule has 2 nitrogen and oxygen atoms in total. The van der Waals surface area contributed by atoms with Crippen LogP contribution >= 0.6 is 58.0 Å². The number of nitrogens with zero attached hydrogens (tertiary/aromatic N) is 1. The maximum absolute atomic E-state index is 6.06. The lowest BCUT2D eigenvalue weighted by Gasteiger charge is -2.16. The van der Waals surface area contributed by atoms with Crippen LogP contribution in [-0.4, -0.2) is 32.1 Å². The second kappa shape index (κ2) is 6.55. The summed E-state index contributed by atoms with van der Waals surface area (Å²) in [6.45, 7) is 1.49. The summed E-state index contributed by atoms with van der Waals surface area (Å²) >= 11 is 29.9. The van der Waals surface area contributed by atoms with E-state index in [0.717, 1.165) is 6.54 Å². The molecule has 0 aliphatic rings. The molecule has 0 spiro atoms. The Morgan fingerprint density at radius 3 is 1.65 bits per heavy atom. The largest absolute Gasteiger partial charge is 0.381 e. The van der Waals surface area contributed by atoms with E-state index in [1.807, 2.05) is 19.0 Å². The summed E-state index contributed by atoms with van der Waals surface area (Å²) in [6.07, 6.45) is 0. The van der Waals surface area contributed by atoms with Crippen molar-refractivity contribution in [2.24, 2.45) is 0 Å². The smallest absolute Gasteiger partial charge is 0.0855 e. The lowest BCUT2D eigenvalue weighted by Crippen LogP contribution is -2.21. The molecule has 0 unspecified atom stereocenters. The van der Waals surface area contributed by atoms with Gasteiger partial charge in [-0.15, -0.1) is 0 Å². The van der Waals surface area contributed by atoms with E-state index in [9.17, 15) is 0 Å². The molecule has 96 valence electrons. The number of hydrogen-bond acceptors (Lipinski definition) is 2. The minimum atomic E-state index is 0.168. The molecule has 1 aromatic carbocycles. The van der Waals surface area contributed by atoms with Crippen LogP contribution in [0.5, 0.6) is 0 Å². The Balaban J connectivity index is 2.99. The number of nitrogens with one attached hydrogen (secondary N) is 1. The number of likely N-dealkylation sites (N-methyl/N-ethyl adjacent to an activating group) is 1. The Morgan fingerprint density at radius 1 is 0.824 bits per heavy atom. The molecule has 0 atom stereocenters. The van der Waals surface area contributed by atoms with Gasteiger partial charge in [-0.2, -0.15) is 0 Å². The van der Waals surface area contributed by atoms with Crippen molar-refractivity contribution in [2.75, 3.05) is 32.5 Å². The van der Waals surface area contributed by atoms with Crippen molar-refractivity contribution in [3.8, 4) is 0 Å². The standard InChI is InChI=1S/C10H11Cl5N2/c1-17(2)4-3-16-10-8(14)6(12)5(11)7(13)9(10)15/h16H,3-4H2,1-2H3. The number of anilines is 1. The van der Waals surface area contributed by atoms with Crippen LogP contribution in [0.15, 0.2) is 0 Å². The highest BCUT2D eigenvalue weighted by atomic mass is 35.5. The maximum atomic E-state index is 6.06. The SMILES string of the molecule is CN(C)CCNc1c(Cl)c(Cl)c(Cl)c(Cl)c1Cl. The average molecular weight is 336 g/mol. The monoisotopic (exact) mass is 334 g/mol. The number of hydrogen-bond donors (Lipinski definition) is 1. The summed E-state index contributed by atoms with van der Waals surface area (Å²) in [4.78, 5) is 2.02. The van der Waals surface area contributed by atoms with Gasteiger partial charge in [-0.3, -0.25) is 0 Å². The predicted octanol–water partition coefficient (Wildman–Crippen LogP) is 4.93. The number of benzene rings is 1. The summed E-state index contributed by atoms with van der Waals surface area (Å²) < 4.78 is 0. The van der Waals surface area contributed by atoms with Gasteiger partial charge in [-0.1, -0.05) is 58.0 Å². The maximum Gasteiger partial charge on any atom is 0.0855 e. The minimum absolute atomic E-state index is 0.168. The zero-order valence-electron chi connectivity index (χ0n) is 9.25. The summed E-state index contributed by atoms with van der Waals surface area (Å²) in [5.41, 5.74) is 0.509. The molecule has 0 fully saturated rings. The van der Waals surface area contributed by atoms with Crippen molar-refractivity contribution < 1.29 is 0 Å². The fourth-order valence-electron chi connectivity index (χ4n) is 1.16. The molecule has 0 saturated heterocycles. The van der Waals surface area contributed by atoms with Crippen LogP contribution in [-0.2, 0) is 0 Å². The van der Waals surface area contributed by atoms with Crippen LogP contribution < -0.4 is 5.32 Å². The third-order valence-corrected chi connectivity index (χ3v) is 4.35. The van der Waals surface area contributed by atoms with Crippen LogP contribution in [0.3, 0.4) is 0 Å². The molecule has 0 aromatic heterocycles. The molecule has 0 saturated carbocycles. The van der Waals surface area contributed by atoms with Crippen LogP contribution in [0.1, 0.15) is 0 Å². The summed E-state index contributed by atoms with van der Waals surface area (Å²) in [5.74, 6) is 0. The van der Waals surface area contributed by atoms with Gasteiger partial charge >= 0.3 is 0 Å². The van der Waals surface area contributed by atoms with Crippen LogP contribution in [0.25, 0.3) is 0 Å². The fourth-order valence-corrected chi connectivity index (χ4v) is 2.44. The van der Waals surface area contributed by atoms with Gasteiger partial charge in [0, 0.05) is 13.1 Å². The highest BCUT2D eigenvalue weighted by Crippen LogP contribution is 2.46. The minimum Gasteiger partial charge on any atom is -0.381 e. The Bertz CT molecular complexity index is 391. The van der Waals surface area contributed by atoms with E-state index >= 15 is 0 Å². The predicted molar refractivity (Wildman–Crippen MR) is 78.5 cm³/mol. The number of halogens is 5. The van der Waals surface area contributed by atoms with Crippen molar-refractivity contribution in [1.29, 1.82) is 0 Å². The van der Waals surface area contributed by atoms with Crippen molar-refractivity contribution in [3.05, 3.63) is 25.1 Å². The molecule has 17 heavy (non-hydrogen) atoms. The molecule has 0 radical (unpaired) electrons. The Morgan fingerprint density at radius 2 is 1.24 bits per heavy atom. The van der Waals surface area contributed by atoms with Gasteiger partial charge in [0.2, 0.25) is 0 Å². The molecule has 1 aromatic rings. The highest BCUT2D eigenvalue weighted by molar-refractivity contribution is 6.56. The van der Waals surface area contributed by atoms with E-state index < -0.39 is 0 Å². The summed E-state index contributed by atoms with van der Waals surface area (Å²) in [6, 6.07) is 0. The van der Waals surface area contributed by atoms with Gasteiger partial charge in [0.05, 0.1) is 30.8 Å². The van der Waals surface area contributed by atoms with E-state index in [1.54, 1.807) is 0 Å². The molecule has 0 aliphatic carbocycles. The number of rotatable bonds is 4. The Kier molecular flexibility index (Phi) is 5.97. The van der Waals surface area contributed by atoms with Crippen molar-refractivity contribution in [1.82, 2.24) is 4.90 Å². The summed E-state index contributed by atoms with van der Waals surface area (Å²) in [5, 5.41) is 4.23. The second-order valence-electron chi connectivity index (χ2n) is 3.67. The Hall–Kier alpha value is 0.430. The fraction of sp³-hybridized carbons (Fsp3) is 0.400. The molecular weight excluding hydrogens is 325 g/mol. The first-order valence-corrected chi connectivity index (χ1v) is 6.65. The average Bonchev–Trinajstić information content (AvgIpc) is 2.28. The molecular formula is C10H11Cl5N2. The zero-order chi connectivity index (χ0) is 13.2. The van der Waals surface area contributed by atoms with Gasteiger partial charge in [-0.25, -0.2) is 0 Å². The van der Waals surface area contributed by atoms with E-state index in [1.165, 1.54) is 0 Å². The molecule has 0 heterocycles. The highest BCUT2D eigenvalue weighted by Gasteiger charge is 2.18. The molecule has 7 heteroatoms. The lowest BCUT2D eigenvalue weighted by molar-refractivity contribution is 0.425. The molecule has 0 aliphatic heterocycles. The van der Waals surface area contributed by atoms with Gasteiger partial charge in [-0.05, 0) is 14.1 Å². The first-order chi connectivity index (χ1) is 7.86. The molecule has 1 N–H and O–H groups in total. The van der Waals surface area contributed by atoms with Gasteiger partial charge in [0.15, 0.2) is 0 Å². The normalized spacial score (nSPS) is 11.1. The van der Waals surface area contributed by atoms with E-state index in [2.05, 4.69) is 5.32 Å². The van der Waals surface area contributed by atoms with E-state index in [-0.39, 0.29) is 25.1 Å². The Labute approximate surface area is 126 Å². The van der Waals surface area contributed by atoms with Crippen LogP contribution in [0.4, 0.5) is 5.69 Å². The zero-order valence-corrected chi connectivity index (χ0v) is 13.0. The van der Waals surface area contributed by atoms with Crippen molar-refractivity contribution >= 4 is 63.7 Å². The van der Waals surface area contributed by atoms with Crippen molar-refractivity contribution in [3.63, 3.8) is 0 Å². The van der Waals surface area contributed by atoms with Gasteiger partial charge in [0.1, 0.15) is 0 Å². The summed E-state index contributed by atoms with van der Waals surface area (Å²) in [7, 11) is 3.93. The van der Waals surface area contributed by atoms with Crippen LogP contribution in [0, 0.1) is 0 Å². The lowest BCUT2D eigenvalue weighted by atomic mass is 10.3. The first kappa shape index (κ1) is 15.5. The third kappa shape index (κ3) is 3.69. The van der Waals surface area contributed by atoms with Gasteiger partial charge < -0.3 is 10.2 Å². The second-order valence-corrected chi connectivity index (χ2v) is 5.56. The molecule has 1 rings (SSSR count). The topological polar surface area (TPSA) is 15.3 Å². The quantitative estimate of drug-likeness (QED) is 0.620. The van der Waals surface area contributed by atoms with Crippen molar-refractivity contribution in [2.45, 2.75) is 0 Å². The first-order valence-electron chi connectivity index (χ1n) is 4.76. The van der Waals surface area contributed by atoms with Crippen LogP contribution in [0.2, 0.25) is 25.1 Å². The van der Waals surface area contributed by atoms with E-state index in [0.29, 0.717) is 12.2 Å².